The van der Waals surface area contributed by atoms with Crippen LogP contribution in [0.3, 0.4) is 0 Å². The highest BCUT2D eigenvalue weighted by Gasteiger charge is 2.47. The Morgan fingerprint density at radius 1 is 1.24 bits per heavy atom. The molecule has 2 N–H and O–H groups in total. The summed E-state index contributed by atoms with van der Waals surface area (Å²) in [6.45, 7) is -0.501. The maximum atomic E-state index is 14.3. The Kier molecular flexibility index (Phi) is 7.31. The van der Waals surface area contributed by atoms with Gasteiger partial charge in [0.1, 0.15) is 11.6 Å². The van der Waals surface area contributed by atoms with Crippen LogP contribution in [0, 0.1) is 11.7 Å². The molecule has 0 radical (unpaired) electrons. The Bertz CT molecular complexity index is 1220. The van der Waals surface area contributed by atoms with E-state index in [1.165, 1.54) is 18.2 Å². The van der Waals surface area contributed by atoms with Gasteiger partial charge in [0.15, 0.2) is 6.04 Å². The van der Waals surface area contributed by atoms with Gasteiger partial charge in [-0.1, -0.05) is 23.7 Å². The van der Waals surface area contributed by atoms with Gasteiger partial charge in [-0.15, -0.1) is 0 Å². The van der Waals surface area contributed by atoms with E-state index in [1.54, 1.807) is 6.07 Å². The molecule has 2 heterocycles. The van der Waals surface area contributed by atoms with Crippen molar-refractivity contribution in [3.05, 3.63) is 58.0 Å². The van der Waals surface area contributed by atoms with E-state index in [2.05, 4.69) is 10.3 Å². The van der Waals surface area contributed by atoms with Crippen molar-refractivity contribution in [2.45, 2.75) is 43.9 Å². The van der Waals surface area contributed by atoms with Crippen LogP contribution in [0.1, 0.15) is 35.6 Å². The van der Waals surface area contributed by atoms with Gasteiger partial charge in [-0.3, -0.25) is 9.59 Å². The molecular formula is C24H23ClF4N4O4. The second-order valence-corrected chi connectivity index (χ2v) is 9.55. The van der Waals surface area contributed by atoms with Crippen molar-refractivity contribution in [1.82, 2.24) is 14.8 Å². The molecule has 3 amide bonds. The van der Waals surface area contributed by atoms with Gasteiger partial charge in [0.05, 0.1) is 10.9 Å². The minimum atomic E-state index is -4.85. The molecule has 2 aliphatic rings. The van der Waals surface area contributed by atoms with Crippen molar-refractivity contribution in [1.29, 1.82) is 0 Å². The number of carbonyl (C=O) groups excluding carboxylic acids is 2. The number of hydrogen-bond donors (Lipinski definition) is 2. The van der Waals surface area contributed by atoms with E-state index in [4.69, 9.17) is 16.7 Å². The molecule has 8 nitrogen and oxygen atoms in total. The number of carbonyl (C=O) groups is 3. The van der Waals surface area contributed by atoms with Gasteiger partial charge in [-0.05, 0) is 42.5 Å². The summed E-state index contributed by atoms with van der Waals surface area (Å²) in [7, 11) is 0.990. The summed E-state index contributed by atoms with van der Waals surface area (Å²) in [5.74, 6) is -2.91. The monoisotopic (exact) mass is 542 g/mol. The lowest BCUT2D eigenvalue weighted by molar-refractivity contribution is -0.191. The van der Waals surface area contributed by atoms with E-state index >= 15 is 0 Å². The van der Waals surface area contributed by atoms with Crippen LogP contribution in [-0.4, -0.2) is 63.6 Å². The minimum absolute atomic E-state index is 0.0224. The highest BCUT2D eigenvalue weighted by Crippen LogP contribution is 2.38. The van der Waals surface area contributed by atoms with E-state index < -0.39 is 48.4 Å². The van der Waals surface area contributed by atoms with Crippen LogP contribution in [0.4, 0.5) is 28.2 Å². The zero-order valence-corrected chi connectivity index (χ0v) is 20.3. The third-order valence-corrected chi connectivity index (χ3v) is 6.99. The summed E-state index contributed by atoms with van der Waals surface area (Å²) in [6.07, 6.45) is -4.86. The predicted molar refractivity (Wildman–Crippen MR) is 124 cm³/mol. The van der Waals surface area contributed by atoms with Gasteiger partial charge in [-0.2, -0.15) is 13.2 Å². The number of benzene rings is 1. The number of amides is 3. The molecule has 0 spiro atoms. The number of nitrogens with zero attached hydrogens (tertiary/aromatic N) is 3. The number of piperidine rings is 1. The zero-order chi connectivity index (χ0) is 27.1. The maximum Gasteiger partial charge on any atom is 0.414 e. The number of alkyl halides is 3. The van der Waals surface area contributed by atoms with Gasteiger partial charge < -0.3 is 15.3 Å². The predicted octanol–water partition coefficient (Wildman–Crippen LogP) is 4.43. The summed E-state index contributed by atoms with van der Waals surface area (Å²) in [4.78, 5) is 40.9. The van der Waals surface area contributed by atoms with Crippen molar-refractivity contribution in [2.75, 3.05) is 18.9 Å². The SMILES string of the molecule is CN(C(=O)[C@H]1CCC(=O)N(C(=O)O)C1)[C@@H](c1ccc(NC2Cc3ccc(Cl)c(F)c3C2)nc1)C(F)(F)F. The number of hydrogen-bond acceptors (Lipinski definition) is 5. The van der Waals surface area contributed by atoms with Gasteiger partial charge in [0.2, 0.25) is 11.8 Å². The van der Waals surface area contributed by atoms with Gasteiger partial charge >= 0.3 is 12.3 Å². The van der Waals surface area contributed by atoms with Crippen LogP contribution >= 0.6 is 11.6 Å². The molecule has 1 aromatic carbocycles. The summed E-state index contributed by atoms with van der Waals surface area (Å²) in [5, 5.41) is 12.2. The molecule has 0 saturated carbocycles. The number of anilines is 1. The number of aromatic nitrogens is 1. The first-order valence-electron chi connectivity index (χ1n) is 11.4. The molecule has 1 fully saturated rings. The zero-order valence-electron chi connectivity index (χ0n) is 19.6. The third-order valence-electron chi connectivity index (χ3n) is 6.70. The van der Waals surface area contributed by atoms with E-state index in [0.29, 0.717) is 28.2 Å². The summed E-state index contributed by atoms with van der Waals surface area (Å²) in [5.41, 5.74) is 0.993. The Hall–Kier alpha value is -3.41. The lowest BCUT2D eigenvalue weighted by atomic mass is 9.95. The Morgan fingerprint density at radius 3 is 2.59 bits per heavy atom. The van der Waals surface area contributed by atoms with E-state index in [9.17, 15) is 31.9 Å². The molecule has 1 aliphatic heterocycles. The molecule has 13 heteroatoms. The average molecular weight is 543 g/mol. The van der Waals surface area contributed by atoms with Crippen molar-refractivity contribution in [3.63, 3.8) is 0 Å². The number of fused-ring (bicyclic) bond motifs is 1. The fourth-order valence-electron chi connectivity index (χ4n) is 4.87. The molecule has 3 atom stereocenters. The topological polar surface area (TPSA) is 103 Å². The molecule has 4 rings (SSSR count). The highest BCUT2D eigenvalue weighted by atomic mass is 35.5. The first-order chi connectivity index (χ1) is 17.4. The fraction of sp³-hybridized carbons (Fsp3) is 0.417. The molecule has 198 valence electrons. The van der Waals surface area contributed by atoms with Crippen molar-refractivity contribution in [2.24, 2.45) is 5.92 Å². The number of imide groups is 1. The van der Waals surface area contributed by atoms with Crippen LogP contribution in [0.15, 0.2) is 30.5 Å². The van der Waals surface area contributed by atoms with Crippen LogP contribution in [0.5, 0.6) is 0 Å². The number of halogens is 5. The normalized spacial score (nSPS) is 20.4. The second kappa shape index (κ2) is 10.2. The smallest absolute Gasteiger partial charge is 0.414 e. The summed E-state index contributed by atoms with van der Waals surface area (Å²) in [6, 6.07) is 3.21. The number of carboxylic acid groups (broad SMARTS) is 1. The van der Waals surface area contributed by atoms with Gasteiger partial charge in [0, 0.05) is 37.8 Å². The van der Waals surface area contributed by atoms with Crippen LogP contribution in [0.2, 0.25) is 5.02 Å². The van der Waals surface area contributed by atoms with Crippen molar-refractivity contribution < 1.29 is 37.1 Å². The second-order valence-electron chi connectivity index (χ2n) is 9.14. The Labute approximate surface area is 214 Å². The molecule has 1 unspecified atom stereocenters. The molecular weight excluding hydrogens is 520 g/mol. The van der Waals surface area contributed by atoms with Crippen molar-refractivity contribution in [3.8, 4) is 0 Å². The Balaban J connectivity index is 1.47. The number of nitrogens with one attached hydrogen (secondary N) is 1. The lowest BCUT2D eigenvalue weighted by Crippen LogP contribution is -2.50. The summed E-state index contributed by atoms with van der Waals surface area (Å²) >= 11 is 5.84. The quantitative estimate of drug-likeness (QED) is 0.542. The van der Waals surface area contributed by atoms with E-state index in [1.807, 2.05) is 0 Å². The molecule has 1 aromatic heterocycles. The first-order valence-corrected chi connectivity index (χ1v) is 11.8. The number of likely N-dealkylation sites (tertiary alicyclic amines) is 1. The number of rotatable bonds is 5. The van der Waals surface area contributed by atoms with Crippen LogP contribution < -0.4 is 5.32 Å². The van der Waals surface area contributed by atoms with Crippen molar-refractivity contribution >= 4 is 35.3 Å². The molecule has 2 aromatic rings. The van der Waals surface area contributed by atoms with E-state index in [0.717, 1.165) is 18.8 Å². The minimum Gasteiger partial charge on any atom is -0.465 e. The number of pyridine rings is 1. The average Bonchev–Trinajstić information content (AvgIpc) is 3.25. The van der Waals surface area contributed by atoms with Crippen LogP contribution in [-0.2, 0) is 22.4 Å². The highest BCUT2D eigenvalue weighted by molar-refractivity contribution is 6.30. The van der Waals surface area contributed by atoms with Gasteiger partial charge in [0.25, 0.3) is 0 Å². The maximum absolute atomic E-state index is 14.3. The fourth-order valence-corrected chi connectivity index (χ4v) is 5.05. The Morgan fingerprint density at radius 2 is 1.97 bits per heavy atom. The van der Waals surface area contributed by atoms with E-state index in [-0.39, 0.29) is 35.3 Å². The molecule has 0 bridgehead atoms. The van der Waals surface area contributed by atoms with Crippen LogP contribution in [0.25, 0.3) is 0 Å². The van der Waals surface area contributed by atoms with Gasteiger partial charge in [-0.25, -0.2) is 19.1 Å². The summed E-state index contributed by atoms with van der Waals surface area (Å²) < 4.78 is 56.4. The molecule has 1 aliphatic carbocycles. The molecule has 37 heavy (non-hydrogen) atoms. The lowest BCUT2D eigenvalue weighted by Gasteiger charge is -2.35. The third kappa shape index (κ3) is 5.48. The largest absolute Gasteiger partial charge is 0.465 e. The first kappa shape index (κ1) is 26.6. The molecule has 1 saturated heterocycles. The standard InChI is InChI=1S/C24H23ClF4N4O4/c1-32(22(35)14-4-7-19(34)33(11-14)23(36)37)21(24(27,28)29)13-3-6-18(30-10-13)31-15-8-12-2-5-17(25)20(26)16(12)9-15/h2-3,5-6,10,14-15,21H,4,7-9,11H2,1H3,(H,30,31)(H,36,37)/t14-,15?,21-/m0/s1.